The molecule has 1 rings (SSSR count). The van der Waals surface area contributed by atoms with Crippen molar-refractivity contribution in [3.8, 4) is 0 Å². The maximum atomic E-state index is 6.37. The zero-order chi connectivity index (χ0) is 15.8. The van der Waals surface area contributed by atoms with Gasteiger partial charge in [-0.25, -0.2) is 0 Å². The van der Waals surface area contributed by atoms with Gasteiger partial charge in [0.25, 0.3) is 0 Å². The van der Waals surface area contributed by atoms with Gasteiger partial charge < -0.3 is 10.5 Å². The van der Waals surface area contributed by atoms with Gasteiger partial charge >= 0.3 is 0 Å². The fraction of sp³-hybridized carbons (Fsp3) is 1.00. The van der Waals surface area contributed by atoms with Gasteiger partial charge in [0, 0.05) is 19.6 Å². The molecular formula is C17H36N2O. The summed E-state index contributed by atoms with van der Waals surface area (Å²) in [6.45, 7) is 20.8. The average molecular weight is 284 g/mol. The Morgan fingerprint density at radius 3 is 1.70 bits per heavy atom. The Bertz CT molecular complexity index is 313. The lowest BCUT2D eigenvalue weighted by molar-refractivity contribution is -0.107. The highest BCUT2D eigenvalue weighted by Gasteiger charge is 2.59. The van der Waals surface area contributed by atoms with Crippen LogP contribution in [0.2, 0.25) is 0 Å². The van der Waals surface area contributed by atoms with Crippen LogP contribution in [0.3, 0.4) is 0 Å². The summed E-state index contributed by atoms with van der Waals surface area (Å²) in [5.74, 6) is 1.27. The van der Waals surface area contributed by atoms with Crippen LogP contribution in [-0.4, -0.2) is 41.3 Å². The Labute approximate surface area is 126 Å². The molecular weight excluding hydrogens is 248 g/mol. The molecule has 0 saturated carbocycles. The third-order valence-electron chi connectivity index (χ3n) is 4.48. The van der Waals surface area contributed by atoms with Gasteiger partial charge in [-0.2, -0.15) is 0 Å². The summed E-state index contributed by atoms with van der Waals surface area (Å²) in [7, 11) is 0. The molecule has 1 aliphatic rings. The number of nitrogens with two attached hydrogens (primary N) is 1. The third-order valence-corrected chi connectivity index (χ3v) is 4.48. The molecule has 20 heavy (non-hydrogen) atoms. The molecule has 1 heterocycles. The number of rotatable bonds is 6. The van der Waals surface area contributed by atoms with E-state index in [4.69, 9.17) is 10.5 Å². The second-order valence-electron chi connectivity index (χ2n) is 8.48. The predicted octanol–water partition coefficient (Wildman–Crippen LogP) is 3.28. The number of nitrogens with zero attached hydrogens (tertiary/aromatic N) is 1. The summed E-state index contributed by atoms with van der Waals surface area (Å²) < 4.78 is 6.37. The smallest absolute Gasteiger partial charge is 0.0830 e. The van der Waals surface area contributed by atoms with Crippen molar-refractivity contribution in [3.05, 3.63) is 0 Å². The van der Waals surface area contributed by atoms with E-state index in [1.165, 1.54) is 0 Å². The van der Waals surface area contributed by atoms with E-state index in [0.29, 0.717) is 18.4 Å². The Morgan fingerprint density at radius 1 is 1.00 bits per heavy atom. The standard InChI is InChI=1S/C17H36N2O/c1-13(2)9-19(10-14(3)4)17(12-18)11-15(5,6)20-16(17,7)8/h13-14H,9-12,18H2,1-8H3. The van der Waals surface area contributed by atoms with E-state index in [9.17, 15) is 0 Å². The van der Waals surface area contributed by atoms with Gasteiger partial charge in [-0.3, -0.25) is 4.90 Å². The molecule has 0 spiro atoms. The molecule has 0 bridgehead atoms. The largest absolute Gasteiger partial charge is 0.368 e. The number of hydrogen-bond donors (Lipinski definition) is 1. The first-order valence-corrected chi connectivity index (χ1v) is 8.11. The highest BCUT2D eigenvalue weighted by Crippen LogP contribution is 2.48. The molecule has 1 atom stereocenters. The molecule has 0 aromatic rings. The van der Waals surface area contributed by atoms with Crippen LogP contribution in [0.5, 0.6) is 0 Å². The van der Waals surface area contributed by atoms with Crippen molar-refractivity contribution < 1.29 is 4.74 Å². The van der Waals surface area contributed by atoms with Crippen molar-refractivity contribution in [1.29, 1.82) is 0 Å². The van der Waals surface area contributed by atoms with Crippen LogP contribution in [0.25, 0.3) is 0 Å². The number of ether oxygens (including phenoxy) is 1. The van der Waals surface area contributed by atoms with Gasteiger partial charge in [-0.15, -0.1) is 0 Å². The van der Waals surface area contributed by atoms with Crippen LogP contribution in [0, 0.1) is 11.8 Å². The molecule has 3 heteroatoms. The van der Waals surface area contributed by atoms with E-state index in [1.807, 2.05) is 0 Å². The van der Waals surface area contributed by atoms with Crippen LogP contribution in [0.1, 0.15) is 61.8 Å². The fourth-order valence-electron chi connectivity index (χ4n) is 3.98. The monoisotopic (exact) mass is 284 g/mol. The molecule has 1 fully saturated rings. The SMILES string of the molecule is CC(C)CN(CC(C)C)C1(CN)CC(C)(C)OC1(C)C. The zero-order valence-corrected chi connectivity index (χ0v) is 14.9. The predicted molar refractivity (Wildman–Crippen MR) is 86.9 cm³/mol. The summed E-state index contributed by atoms with van der Waals surface area (Å²) in [4.78, 5) is 2.61. The van der Waals surface area contributed by atoms with Gasteiger partial charge in [0.1, 0.15) is 0 Å². The minimum Gasteiger partial charge on any atom is -0.368 e. The summed E-state index contributed by atoms with van der Waals surface area (Å²) in [5, 5.41) is 0. The van der Waals surface area contributed by atoms with E-state index in [1.54, 1.807) is 0 Å². The highest BCUT2D eigenvalue weighted by atomic mass is 16.5. The summed E-state index contributed by atoms with van der Waals surface area (Å²) in [6, 6.07) is 0. The lowest BCUT2D eigenvalue weighted by atomic mass is 9.76. The Kier molecular flexibility index (Phi) is 5.32. The Balaban J connectivity index is 3.16. The lowest BCUT2D eigenvalue weighted by Crippen LogP contribution is -2.64. The first kappa shape index (κ1) is 17.9. The van der Waals surface area contributed by atoms with Gasteiger partial charge in [0.05, 0.1) is 16.7 Å². The normalized spacial score (nSPS) is 28.8. The average Bonchev–Trinajstić information content (AvgIpc) is 2.41. The molecule has 1 aliphatic heterocycles. The maximum absolute atomic E-state index is 6.37. The minimum atomic E-state index is -0.213. The van der Waals surface area contributed by atoms with Crippen molar-refractivity contribution >= 4 is 0 Å². The summed E-state index contributed by atoms with van der Waals surface area (Å²) >= 11 is 0. The van der Waals surface area contributed by atoms with Crippen molar-refractivity contribution in [3.63, 3.8) is 0 Å². The first-order chi connectivity index (χ1) is 8.96. The maximum Gasteiger partial charge on any atom is 0.0830 e. The Hall–Kier alpha value is -0.120. The first-order valence-electron chi connectivity index (χ1n) is 8.11. The molecule has 120 valence electrons. The quantitative estimate of drug-likeness (QED) is 0.813. The minimum absolute atomic E-state index is 0.0644. The van der Waals surface area contributed by atoms with Crippen molar-refractivity contribution in [2.24, 2.45) is 17.6 Å². The second kappa shape index (κ2) is 5.94. The van der Waals surface area contributed by atoms with Crippen molar-refractivity contribution in [1.82, 2.24) is 4.90 Å². The topological polar surface area (TPSA) is 38.5 Å². The van der Waals surface area contributed by atoms with E-state index >= 15 is 0 Å². The Morgan fingerprint density at radius 2 is 1.45 bits per heavy atom. The zero-order valence-electron chi connectivity index (χ0n) is 14.9. The highest BCUT2D eigenvalue weighted by molar-refractivity contribution is 5.13. The molecule has 0 aliphatic carbocycles. The van der Waals surface area contributed by atoms with Crippen LogP contribution in [-0.2, 0) is 4.74 Å². The molecule has 1 saturated heterocycles. The van der Waals surface area contributed by atoms with Crippen LogP contribution in [0.4, 0.5) is 0 Å². The molecule has 0 aromatic heterocycles. The molecule has 3 nitrogen and oxygen atoms in total. The second-order valence-corrected chi connectivity index (χ2v) is 8.48. The summed E-state index contributed by atoms with van der Waals surface area (Å²) in [5.41, 5.74) is 5.92. The van der Waals surface area contributed by atoms with Crippen LogP contribution < -0.4 is 5.73 Å². The van der Waals surface area contributed by atoms with Crippen LogP contribution >= 0.6 is 0 Å². The molecule has 0 radical (unpaired) electrons. The molecule has 1 unspecified atom stereocenters. The van der Waals surface area contributed by atoms with Crippen LogP contribution in [0.15, 0.2) is 0 Å². The van der Waals surface area contributed by atoms with E-state index in [-0.39, 0.29) is 16.7 Å². The fourth-order valence-corrected chi connectivity index (χ4v) is 3.98. The molecule has 0 aromatic carbocycles. The van der Waals surface area contributed by atoms with Crippen molar-refractivity contribution in [2.75, 3.05) is 19.6 Å². The summed E-state index contributed by atoms with van der Waals surface area (Å²) in [6.07, 6.45) is 1.00. The third kappa shape index (κ3) is 3.55. The van der Waals surface area contributed by atoms with Gasteiger partial charge in [0.15, 0.2) is 0 Å². The lowest BCUT2D eigenvalue weighted by Gasteiger charge is -2.49. The van der Waals surface area contributed by atoms with Gasteiger partial charge in [-0.05, 0) is 46.0 Å². The molecule has 0 amide bonds. The van der Waals surface area contributed by atoms with E-state index in [2.05, 4.69) is 60.3 Å². The van der Waals surface area contributed by atoms with Gasteiger partial charge in [-0.1, -0.05) is 27.7 Å². The molecule has 2 N–H and O–H groups in total. The number of hydrogen-bond acceptors (Lipinski definition) is 3. The van der Waals surface area contributed by atoms with Gasteiger partial charge in [0.2, 0.25) is 0 Å². The van der Waals surface area contributed by atoms with E-state index in [0.717, 1.165) is 19.5 Å². The van der Waals surface area contributed by atoms with E-state index < -0.39 is 0 Å². The van der Waals surface area contributed by atoms with Crippen molar-refractivity contribution in [2.45, 2.75) is 78.6 Å².